The molecule has 1 N–H and O–H groups in total. The van der Waals surface area contributed by atoms with E-state index in [1.807, 2.05) is 0 Å². The highest BCUT2D eigenvalue weighted by atomic mass is 32.2. The highest BCUT2D eigenvalue weighted by molar-refractivity contribution is 7.85. The highest BCUT2D eigenvalue weighted by Gasteiger charge is 2.48. The lowest BCUT2D eigenvalue weighted by Gasteiger charge is -2.43. The van der Waals surface area contributed by atoms with E-state index in [-0.39, 0.29) is 6.61 Å². The number of ether oxygens (including phenoxy) is 6. The lowest BCUT2D eigenvalue weighted by atomic mass is 9.90. The minimum atomic E-state index is -4.38. The van der Waals surface area contributed by atoms with Crippen LogP contribution in [0.1, 0.15) is 0 Å². The van der Waals surface area contributed by atoms with Crippen molar-refractivity contribution >= 4 is 16.4 Å². The molecule has 10 nitrogen and oxygen atoms in total. The zero-order chi connectivity index (χ0) is 19.0. The lowest BCUT2D eigenvalue weighted by Crippen LogP contribution is -2.58. The second kappa shape index (κ2) is 10.0. The van der Waals surface area contributed by atoms with E-state index < -0.39 is 46.4 Å². The molecule has 11 heteroatoms. The van der Waals surface area contributed by atoms with Crippen molar-refractivity contribution in [3.63, 3.8) is 0 Å². The molecule has 0 amide bonds. The second-order valence-electron chi connectivity index (χ2n) is 5.24. The first-order chi connectivity index (χ1) is 11.8. The van der Waals surface area contributed by atoms with Crippen LogP contribution < -0.4 is 0 Å². The third-order valence-corrected chi connectivity index (χ3v) is 4.44. The van der Waals surface area contributed by atoms with Gasteiger partial charge in [0.1, 0.15) is 37.1 Å². The van der Waals surface area contributed by atoms with Gasteiger partial charge in [-0.2, -0.15) is 8.42 Å². The minimum absolute atomic E-state index is 0.0599. The maximum Gasteiger partial charge on any atom is 0.267 e. The van der Waals surface area contributed by atoms with Crippen molar-refractivity contribution in [1.82, 2.24) is 0 Å². The summed E-state index contributed by atoms with van der Waals surface area (Å²) in [5, 5.41) is 0. The predicted molar refractivity (Wildman–Crippen MR) is 84.3 cm³/mol. The molecule has 5 atom stereocenters. The number of hydrogen-bond donors (Lipinski definition) is 1. The lowest BCUT2D eigenvalue weighted by molar-refractivity contribution is -0.284. The van der Waals surface area contributed by atoms with Crippen LogP contribution in [0.2, 0.25) is 0 Å². The van der Waals surface area contributed by atoms with Gasteiger partial charge in [0.05, 0.1) is 26.2 Å². The first kappa shape index (κ1) is 21.8. The van der Waals surface area contributed by atoms with E-state index >= 15 is 0 Å². The SMILES string of the molecule is COC=C(COC1OC(CS(=O)(=O)O)C(C=O)C(OC)C1OC)OC. The number of hydrogen-bond acceptors (Lipinski definition) is 9. The number of rotatable bonds is 10. The molecule has 0 bridgehead atoms. The third kappa shape index (κ3) is 6.20. The molecular formula is C14H24O10S. The molecular weight excluding hydrogens is 360 g/mol. The molecule has 0 aliphatic carbocycles. The molecule has 0 aromatic carbocycles. The summed E-state index contributed by atoms with van der Waals surface area (Å²) in [5.41, 5.74) is 0. The summed E-state index contributed by atoms with van der Waals surface area (Å²) in [6, 6.07) is 0. The topological polar surface area (TPSA) is 127 Å². The van der Waals surface area contributed by atoms with E-state index in [1.165, 1.54) is 34.7 Å². The summed E-state index contributed by atoms with van der Waals surface area (Å²) in [4.78, 5) is 11.4. The summed E-state index contributed by atoms with van der Waals surface area (Å²) >= 11 is 0. The fourth-order valence-corrected chi connectivity index (χ4v) is 3.27. The molecule has 1 saturated heterocycles. The van der Waals surface area contributed by atoms with Gasteiger partial charge in [0, 0.05) is 14.2 Å². The minimum Gasteiger partial charge on any atom is -0.501 e. The molecule has 0 aromatic heterocycles. The monoisotopic (exact) mass is 384 g/mol. The Morgan fingerprint density at radius 2 is 1.80 bits per heavy atom. The predicted octanol–water partition coefficient (Wildman–Crippen LogP) is -0.405. The van der Waals surface area contributed by atoms with Gasteiger partial charge >= 0.3 is 0 Å². The Morgan fingerprint density at radius 1 is 1.16 bits per heavy atom. The van der Waals surface area contributed by atoms with Gasteiger partial charge in [0.15, 0.2) is 12.0 Å². The van der Waals surface area contributed by atoms with Crippen molar-refractivity contribution in [3.8, 4) is 0 Å². The number of aldehydes is 1. The van der Waals surface area contributed by atoms with Gasteiger partial charge in [0.2, 0.25) is 0 Å². The molecule has 1 heterocycles. The molecule has 0 saturated carbocycles. The van der Waals surface area contributed by atoms with Crippen LogP contribution in [0.3, 0.4) is 0 Å². The molecule has 5 unspecified atom stereocenters. The van der Waals surface area contributed by atoms with Crippen molar-refractivity contribution in [3.05, 3.63) is 12.0 Å². The van der Waals surface area contributed by atoms with Crippen LogP contribution in [-0.4, -0.2) is 84.7 Å². The van der Waals surface area contributed by atoms with Crippen LogP contribution in [0, 0.1) is 5.92 Å². The average molecular weight is 384 g/mol. The molecule has 1 aliphatic heterocycles. The highest BCUT2D eigenvalue weighted by Crippen LogP contribution is 2.30. The van der Waals surface area contributed by atoms with Gasteiger partial charge in [-0.25, -0.2) is 0 Å². The van der Waals surface area contributed by atoms with Crippen LogP contribution in [0.4, 0.5) is 0 Å². The van der Waals surface area contributed by atoms with E-state index in [9.17, 15) is 13.2 Å². The van der Waals surface area contributed by atoms with Crippen molar-refractivity contribution in [2.24, 2.45) is 5.92 Å². The molecule has 146 valence electrons. The fraction of sp³-hybridized carbons (Fsp3) is 0.786. The van der Waals surface area contributed by atoms with Crippen molar-refractivity contribution in [2.75, 3.05) is 40.8 Å². The summed E-state index contributed by atoms with van der Waals surface area (Å²) < 4.78 is 63.1. The van der Waals surface area contributed by atoms with Crippen LogP contribution >= 0.6 is 0 Å². The zero-order valence-corrected chi connectivity index (χ0v) is 15.3. The number of carbonyl (C=O) groups is 1. The van der Waals surface area contributed by atoms with Crippen LogP contribution in [0.15, 0.2) is 12.0 Å². The molecule has 1 rings (SSSR count). The third-order valence-electron chi connectivity index (χ3n) is 3.69. The van der Waals surface area contributed by atoms with Gasteiger partial charge in [-0.3, -0.25) is 4.55 Å². The van der Waals surface area contributed by atoms with Gasteiger partial charge in [0.25, 0.3) is 10.1 Å². The standard InChI is InChI=1S/C14H24O10S/c1-19-6-9(20-2)7-23-14-13(22-4)12(21-3)10(5-15)11(24-14)8-25(16,17)18/h5-6,10-14H,7-8H2,1-4H3,(H,16,17,18). The van der Waals surface area contributed by atoms with Crippen molar-refractivity contribution in [2.45, 2.75) is 24.6 Å². The first-order valence-corrected chi connectivity index (χ1v) is 8.91. The second-order valence-corrected chi connectivity index (χ2v) is 6.74. The molecule has 1 aliphatic rings. The van der Waals surface area contributed by atoms with E-state index in [1.54, 1.807) is 0 Å². The Morgan fingerprint density at radius 3 is 2.24 bits per heavy atom. The van der Waals surface area contributed by atoms with Crippen LogP contribution in [0.25, 0.3) is 0 Å². The Balaban J connectivity index is 3.00. The van der Waals surface area contributed by atoms with Crippen molar-refractivity contribution in [1.29, 1.82) is 0 Å². The van der Waals surface area contributed by atoms with E-state index in [2.05, 4.69) is 0 Å². The van der Waals surface area contributed by atoms with Crippen LogP contribution in [0.5, 0.6) is 0 Å². The average Bonchev–Trinajstić information content (AvgIpc) is 2.56. The Bertz CT molecular complexity index is 546. The fourth-order valence-electron chi connectivity index (χ4n) is 2.56. The van der Waals surface area contributed by atoms with Crippen LogP contribution in [-0.2, 0) is 43.3 Å². The maximum atomic E-state index is 11.4. The maximum absolute atomic E-state index is 11.4. The van der Waals surface area contributed by atoms with E-state index in [0.717, 1.165) is 0 Å². The van der Waals surface area contributed by atoms with Gasteiger partial charge in [-0.05, 0) is 0 Å². The molecule has 0 radical (unpaired) electrons. The molecule has 0 aromatic rings. The Labute approximate surface area is 146 Å². The van der Waals surface area contributed by atoms with Gasteiger partial charge in [-0.1, -0.05) is 0 Å². The normalized spacial score (nSPS) is 30.8. The molecule has 1 fully saturated rings. The first-order valence-electron chi connectivity index (χ1n) is 7.30. The smallest absolute Gasteiger partial charge is 0.267 e. The molecule has 25 heavy (non-hydrogen) atoms. The number of methoxy groups -OCH3 is 4. The zero-order valence-electron chi connectivity index (χ0n) is 14.5. The summed E-state index contributed by atoms with van der Waals surface area (Å²) in [6.45, 7) is -0.0599. The Hall–Kier alpha value is -1.24. The van der Waals surface area contributed by atoms with Crippen molar-refractivity contribution < 1.29 is 46.2 Å². The van der Waals surface area contributed by atoms with Gasteiger partial charge in [-0.15, -0.1) is 0 Å². The van der Waals surface area contributed by atoms with E-state index in [0.29, 0.717) is 12.0 Å². The largest absolute Gasteiger partial charge is 0.501 e. The number of carbonyl (C=O) groups excluding carboxylic acids is 1. The quantitative estimate of drug-likeness (QED) is 0.302. The van der Waals surface area contributed by atoms with Gasteiger partial charge < -0.3 is 33.2 Å². The molecule has 0 spiro atoms. The van der Waals surface area contributed by atoms with E-state index in [4.69, 9.17) is 33.0 Å². The summed E-state index contributed by atoms with van der Waals surface area (Å²) in [6.07, 6.45) is -2.02. The Kier molecular flexibility index (Phi) is 8.76. The summed E-state index contributed by atoms with van der Waals surface area (Å²) in [7, 11) is 1.21. The summed E-state index contributed by atoms with van der Waals surface area (Å²) in [5.74, 6) is -1.40.